The lowest BCUT2D eigenvalue weighted by Gasteiger charge is -2.42. The van der Waals surface area contributed by atoms with Gasteiger partial charge >= 0.3 is 0 Å². The normalized spacial score (nSPS) is 16.8. The first-order chi connectivity index (χ1) is 20.6. The number of pyridine rings is 1. The SMILES string of the molecule is COCCOc1ccc(-c2ccc(N3CCCC(N)(C(=O)N(C)C)C3)c(Cn3cnc4c(N)ncc(OC)c43)c2)cc1F. The number of carbonyl (C=O) groups excluding carboxylic acids is 1. The van der Waals surface area contributed by atoms with Gasteiger partial charge in [0.05, 0.1) is 32.8 Å². The highest BCUT2D eigenvalue weighted by molar-refractivity contribution is 5.90. The van der Waals surface area contributed by atoms with E-state index in [1.54, 1.807) is 51.8 Å². The van der Waals surface area contributed by atoms with E-state index in [1.165, 1.54) is 6.07 Å². The van der Waals surface area contributed by atoms with Crippen LogP contribution < -0.4 is 25.8 Å². The summed E-state index contributed by atoms with van der Waals surface area (Å²) < 4.78 is 33.0. The van der Waals surface area contributed by atoms with E-state index in [1.807, 2.05) is 28.8 Å². The topological polar surface area (TPSA) is 134 Å². The number of carbonyl (C=O) groups is 1. The van der Waals surface area contributed by atoms with Crippen molar-refractivity contribution in [3.05, 3.63) is 60.3 Å². The molecule has 1 unspecified atom stereocenters. The molecule has 4 N–H and O–H groups in total. The molecule has 0 aliphatic carbocycles. The van der Waals surface area contributed by atoms with Gasteiger partial charge in [0.15, 0.2) is 23.1 Å². The summed E-state index contributed by atoms with van der Waals surface area (Å²) in [7, 11) is 6.59. The molecule has 3 heterocycles. The molecular formula is C31H38FN7O4. The van der Waals surface area contributed by atoms with E-state index in [9.17, 15) is 9.18 Å². The summed E-state index contributed by atoms with van der Waals surface area (Å²) in [6, 6.07) is 10.9. The zero-order valence-corrected chi connectivity index (χ0v) is 25.0. The standard InChI is InChI=1S/C31H38FN7O4/c1-37(2)30(40)31(34)10-5-11-38(18-31)24-8-6-20(21-7-9-25(23(32)15-21)43-13-12-41-3)14-22(24)17-39-19-36-27-28(39)26(42-4)16-35-29(27)33/h6-9,14-16,19H,5,10-13,17-18,34H2,1-4H3,(H2,33,35). The number of aromatic nitrogens is 3. The lowest BCUT2D eigenvalue weighted by atomic mass is 9.88. The van der Waals surface area contributed by atoms with Crippen molar-refractivity contribution >= 4 is 28.4 Å². The molecule has 5 rings (SSSR count). The Bertz CT molecular complexity index is 1630. The molecule has 228 valence electrons. The van der Waals surface area contributed by atoms with Crippen LogP contribution in [0.4, 0.5) is 15.9 Å². The number of ether oxygens (including phenoxy) is 3. The van der Waals surface area contributed by atoms with Gasteiger partial charge in [0.25, 0.3) is 0 Å². The Balaban J connectivity index is 1.56. The van der Waals surface area contributed by atoms with Crippen LogP contribution in [-0.4, -0.2) is 85.5 Å². The number of rotatable bonds is 10. The number of hydrogen-bond donors (Lipinski definition) is 2. The van der Waals surface area contributed by atoms with Gasteiger partial charge in [-0.2, -0.15) is 0 Å². The second-order valence-electron chi connectivity index (χ2n) is 11.0. The summed E-state index contributed by atoms with van der Waals surface area (Å²) in [6.45, 7) is 2.11. The number of nitrogen functional groups attached to an aromatic ring is 1. The van der Waals surface area contributed by atoms with Crippen molar-refractivity contribution in [2.24, 2.45) is 5.73 Å². The molecule has 1 aliphatic heterocycles. The highest BCUT2D eigenvalue weighted by Gasteiger charge is 2.40. The molecule has 1 fully saturated rings. The van der Waals surface area contributed by atoms with Crippen LogP contribution in [0.15, 0.2) is 48.9 Å². The molecule has 1 aliphatic rings. The van der Waals surface area contributed by atoms with Crippen LogP contribution >= 0.6 is 0 Å². The molecule has 43 heavy (non-hydrogen) atoms. The molecule has 1 atom stereocenters. The number of likely N-dealkylation sites (N-methyl/N-ethyl adjacent to an activating group) is 1. The lowest BCUT2D eigenvalue weighted by Crippen LogP contribution is -2.62. The maximum atomic E-state index is 15.0. The van der Waals surface area contributed by atoms with Crippen molar-refractivity contribution < 1.29 is 23.4 Å². The first kappa shape index (κ1) is 30.1. The second kappa shape index (κ2) is 12.4. The van der Waals surface area contributed by atoms with Gasteiger partial charge in [0.1, 0.15) is 23.2 Å². The molecular weight excluding hydrogens is 553 g/mol. The van der Waals surface area contributed by atoms with Crippen molar-refractivity contribution in [2.45, 2.75) is 24.9 Å². The van der Waals surface area contributed by atoms with Gasteiger partial charge in [-0.25, -0.2) is 14.4 Å². The average molecular weight is 592 g/mol. The smallest absolute Gasteiger partial charge is 0.243 e. The maximum absolute atomic E-state index is 15.0. The monoisotopic (exact) mass is 591 g/mol. The van der Waals surface area contributed by atoms with Gasteiger partial charge in [-0.15, -0.1) is 0 Å². The van der Waals surface area contributed by atoms with Crippen LogP contribution in [0.25, 0.3) is 22.2 Å². The first-order valence-electron chi connectivity index (χ1n) is 14.1. The first-order valence-corrected chi connectivity index (χ1v) is 14.1. The highest BCUT2D eigenvalue weighted by Crippen LogP contribution is 2.35. The number of fused-ring (bicyclic) bond motifs is 1. The molecule has 1 saturated heterocycles. The van der Waals surface area contributed by atoms with E-state index in [0.717, 1.165) is 29.8 Å². The molecule has 0 spiro atoms. The number of nitrogens with two attached hydrogens (primary N) is 2. The summed E-state index contributed by atoms with van der Waals surface area (Å²) in [4.78, 5) is 25.4. The summed E-state index contributed by atoms with van der Waals surface area (Å²) in [5.74, 6) is 0.448. The van der Waals surface area contributed by atoms with Crippen LogP contribution in [-0.2, 0) is 16.1 Å². The molecule has 0 radical (unpaired) electrons. The van der Waals surface area contributed by atoms with E-state index < -0.39 is 11.4 Å². The third kappa shape index (κ3) is 6.06. The maximum Gasteiger partial charge on any atom is 0.243 e. The Morgan fingerprint density at radius 3 is 2.58 bits per heavy atom. The summed E-state index contributed by atoms with van der Waals surface area (Å²) in [6.07, 6.45) is 4.64. The molecule has 4 aromatic rings. The summed E-state index contributed by atoms with van der Waals surface area (Å²) in [5, 5.41) is 0. The zero-order valence-electron chi connectivity index (χ0n) is 25.0. The second-order valence-corrected chi connectivity index (χ2v) is 11.0. The van der Waals surface area contributed by atoms with Gasteiger partial charge in [-0.3, -0.25) is 4.79 Å². The number of benzene rings is 2. The van der Waals surface area contributed by atoms with Gasteiger partial charge < -0.3 is 40.0 Å². The van der Waals surface area contributed by atoms with Crippen molar-refractivity contribution in [1.82, 2.24) is 19.4 Å². The van der Waals surface area contributed by atoms with Gasteiger partial charge in [-0.1, -0.05) is 12.1 Å². The van der Waals surface area contributed by atoms with E-state index >= 15 is 0 Å². The quantitative estimate of drug-likeness (QED) is 0.267. The number of methoxy groups -OCH3 is 2. The fourth-order valence-electron chi connectivity index (χ4n) is 5.67. The van der Waals surface area contributed by atoms with Crippen molar-refractivity contribution in [3.8, 4) is 22.6 Å². The van der Waals surface area contributed by atoms with Crippen molar-refractivity contribution in [2.75, 3.05) is 65.3 Å². The summed E-state index contributed by atoms with van der Waals surface area (Å²) in [5.41, 5.74) is 16.4. The Hall–Kier alpha value is -4.42. The number of halogens is 1. The predicted molar refractivity (Wildman–Crippen MR) is 164 cm³/mol. The third-order valence-electron chi connectivity index (χ3n) is 7.78. The Kier molecular flexibility index (Phi) is 8.69. The van der Waals surface area contributed by atoms with E-state index in [2.05, 4.69) is 14.9 Å². The van der Waals surface area contributed by atoms with Crippen LogP contribution in [0.5, 0.6) is 11.5 Å². The highest BCUT2D eigenvalue weighted by atomic mass is 19.1. The molecule has 0 saturated carbocycles. The molecule has 11 nitrogen and oxygen atoms in total. The molecule has 12 heteroatoms. The summed E-state index contributed by atoms with van der Waals surface area (Å²) >= 11 is 0. The number of imidazole rings is 1. The van der Waals surface area contributed by atoms with Crippen LogP contribution in [0.1, 0.15) is 18.4 Å². The third-order valence-corrected chi connectivity index (χ3v) is 7.78. The lowest BCUT2D eigenvalue weighted by molar-refractivity contribution is -0.134. The number of hydrogen-bond acceptors (Lipinski definition) is 9. The Morgan fingerprint density at radius 1 is 1.09 bits per heavy atom. The fourth-order valence-corrected chi connectivity index (χ4v) is 5.67. The molecule has 0 bridgehead atoms. The average Bonchev–Trinajstić information content (AvgIpc) is 3.42. The molecule has 2 aromatic carbocycles. The number of piperidine rings is 1. The minimum Gasteiger partial charge on any atom is -0.493 e. The molecule has 1 amide bonds. The van der Waals surface area contributed by atoms with Crippen molar-refractivity contribution in [3.63, 3.8) is 0 Å². The van der Waals surface area contributed by atoms with Gasteiger partial charge in [-0.05, 0) is 53.8 Å². The Labute approximate surface area is 250 Å². The van der Waals surface area contributed by atoms with E-state index in [-0.39, 0.29) is 18.3 Å². The zero-order chi connectivity index (χ0) is 30.7. The largest absolute Gasteiger partial charge is 0.493 e. The minimum atomic E-state index is -1.01. The van der Waals surface area contributed by atoms with E-state index in [4.69, 9.17) is 25.7 Å². The predicted octanol–water partition coefficient (Wildman–Crippen LogP) is 3.29. The van der Waals surface area contributed by atoms with Crippen molar-refractivity contribution in [1.29, 1.82) is 0 Å². The van der Waals surface area contributed by atoms with Gasteiger partial charge in [0.2, 0.25) is 5.91 Å². The molecule has 2 aromatic heterocycles. The number of amides is 1. The fraction of sp³-hybridized carbons (Fsp3) is 0.387. The number of nitrogens with zero attached hydrogens (tertiary/aromatic N) is 5. The minimum absolute atomic E-state index is 0.105. The van der Waals surface area contributed by atoms with Crippen LogP contribution in [0, 0.1) is 5.82 Å². The number of anilines is 2. The van der Waals surface area contributed by atoms with Crippen LogP contribution in [0.3, 0.4) is 0 Å². The van der Waals surface area contributed by atoms with E-state index in [0.29, 0.717) is 54.3 Å². The Morgan fingerprint density at radius 2 is 1.86 bits per heavy atom. The van der Waals surface area contributed by atoms with Crippen LogP contribution in [0.2, 0.25) is 0 Å². The van der Waals surface area contributed by atoms with Gasteiger partial charge in [0, 0.05) is 40.0 Å².